The van der Waals surface area contributed by atoms with E-state index in [0.29, 0.717) is 5.75 Å². The summed E-state index contributed by atoms with van der Waals surface area (Å²) in [6.07, 6.45) is 1.04. The van der Waals surface area contributed by atoms with Gasteiger partial charge in [0, 0.05) is 11.6 Å². The first kappa shape index (κ1) is 24.0. The summed E-state index contributed by atoms with van der Waals surface area (Å²) < 4.78 is 63.8. The Kier molecular flexibility index (Phi) is 8.65. The van der Waals surface area contributed by atoms with Crippen molar-refractivity contribution in [3.8, 4) is 17.2 Å². The van der Waals surface area contributed by atoms with Crippen molar-refractivity contribution in [1.82, 2.24) is 5.43 Å². The van der Waals surface area contributed by atoms with Crippen molar-refractivity contribution < 1.29 is 36.6 Å². The molecule has 0 fully saturated rings. The van der Waals surface area contributed by atoms with Crippen molar-refractivity contribution in [3.05, 3.63) is 53.1 Å². The summed E-state index contributed by atoms with van der Waals surface area (Å²) >= 11 is 0. The maximum absolute atomic E-state index is 12.6. The van der Waals surface area contributed by atoms with Gasteiger partial charge in [0.25, 0.3) is 5.91 Å². The van der Waals surface area contributed by atoms with Crippen LogP contribution in [-0.2, 0) is 4.79 Å². The Labute approximate surface area is 176 Å². The van der Waals surface area contributed by atoms with E-state index in [9.17, 15) is 22.4 Å². The van der Waals surface area contributed by atoms with Gasteiger partial charge in [-0.05, 0) is 42.2 Å². The summed E-state index contributed by atoms with van der Waals surface area (Å²) in [6, 6.07) is 8.88. The zero-order chi connectivity index (χ0) is 23.0. The molecule has 0 aliphatic rings. The van der Waals surface area contributed by atoms with Crippen molar-refractivity contribution in [2.45, 2.75) is 39.9 Å². The van der Waals surface area contributed by atoms with Crippen molar-refractivity contribution in [2.75, 3.05) is 6.61 Å². The van der Waals surface area contributed by atoms with E-state index in [-0.39, 0.29) is 23.8 Å². The Morgan fingerprint density at radius 3 is 2.39 bits per heavy atom. The highest BCUT2D eigenvalue weighted by Gasteiger charge is 2.13. The van der Waals surface area contributed by atoms with Crippen molar-refractivity contribution >= 4 is 12.1 Å². The third-order valence-corrected chi connectivity index (χ3v) is 3.97. The van der Waals surface area contributed by atoms with E-state index in [1.54, 1.807) is 0 Å². The molecule has 10 heteroatoms. The first-order valence-corrected chi connectivity index (χ1v) is 9.24. The fraction of sp³-hybridized carbons (Fsp3) is 0.333. The van der Waals surface area contributed by atoms with E-state index >= 15 is 0 Å². The minimum Gasteiger partial charge on any atom is -0.483 e. The van der Waals surface area contributed by atoms with Crippen LogP contribution in [0.15, 0.2) is 41.5 Å². The molecule has 0 radical (unpaired) electrons. The summed E-state index contributed by atoms with van der Waals surface area (Å²) in [5, 5.41) is 3.67. The lowest BCUT2D eigenvalue weighted by Gasteiger charge is -2.14. The lowest BCUT2D eigenvalue weighted by Crippen LogP contribution is -2.25. The van der Waals surface area contributed by atoms with Crippen LogP contribution in [0.3, 0.4) is 0 Å². The van der Waals surface area contributed by atoms with Crippen LogP contribution in [0.25, 0.3) is 0 Å². The van der Waals surface area contributed by atoms with E-state index < -0.39 is 24.9 Å². The predicted molar refractivity (Wildman–Crippen MR) is 106 cm³/mol. The molecule has 2 rings (SSSR count). The van der Waals surface area contributed by atoms with Gasteiger partial charge in [0.15, 0.2) is 6.61 Å². The third-order valence-electron chi connectivity index (χ3n) is 3.97. The van der Waals surface area contributed by atoms with Gasteiger partial charge in [-0.15, -0.1) is 0 Å². The second-order valence-electron chi connectivity index (χ2n) is 6.73. The molecule has 168 valence electrons. The van der Waals surface area contributed by atoms with Crippen LogP contribution in [-0.4, -0.2) is 32.0 Å². The Morgan fingerprint density at radius 1 is 1.03 bits per heavy atom. The molecule has 0 aliphatic carbocycles. The Morgan fingerprint density at radius 2 is 1.74 bits per heavy atom. The molecule has 0 heterocycles. The minimum atomic E-state index is -3.19. The molecule has 2 aromatic rings. The van der Waals surface area contributed by atoms with Gasteiger partial charge in [0.2, 0.25) is 0 Å². The van der Waals surface area contributed by atoms with Gasteiger partial charge in [-0.25, -0.2) is 5.43 Å². The maximum atomic E-state index is 12.6. The number of rotatable bonds is 10. The highest BCUT2D eigenvalue weighted by Crippen LogP contribution is 2.28. The van der Waals surface area contributed by atoms with Gasteiger partial charge < -0.3 is 14.2 Å². The number of ether oxygens (including phenoxy) is 3. The first-order valence-electron chi connectivity index (χ1n) is 9.24. The van der Waals surface area contributed by atoms with Gasteiger partial charge in [-0.3, -0.25) is 4.79 Å². The van der Waals surface area contributed by atoms with Crippen molar-refractivity contribution in [2.24, 2.45) is 5.10 Å². The lowest BCUT2D eigenvalue weighted by atomic mass is 10.0. The molecule has 0 atom stereocenters. The van der Waals surface area contributed by atoms with Crippen LogP contribution < -0.4 is 19.6 Å². The summed E-state index contributed by atoms with van der Waals surface area (Å²) in [5.41, 5.74) is 4.14. The number of amides is 1. The number of nitrogens with zero attached hydrogens (tertiary/aromatic N) is 1. The van der Waals surface area contributed by atoms with Crippen molar-refractivity contribution in [3.63, 3.8) is 0 Å². The van der Waals surface area contributed by atoms with Crippen LogP contribution in [0.4, 0.5) is 17.6 Å². The van der Waals surface area contributed by atoms with Crippen LogP contribution in [0.5, 0.6) is 17.2 Å². The molecule has 0 bridgehead atoms. The molecule has 0 aliphatic heterocycles. The number of carbonyl (C=O) groups is 1. The number of nitrogens with one attached hydrogen (secondary N) is 1. The number of halogens is 4. The number of benzene rings is 2. The lowest BCUT2D eigenvalue weighted by molar-refractivity contribution is -0.123. The van der Waals surface area contributed by atoms with Crippen LogP contribution >= 0.6 is 0 Å². The van der Waals surface area contributed by atoms with Gasteiger partial charge in [0.1, 0.15) is 17.2 Å². The molecule has 1 amide bonds. The fourth-order valence-electron chi connectivity index (χ4n) is 2.59. The molecular weight excluding hydrogens is 420 g/mol. The summed E-state index contributed by atoms with van der Waals surface area (Å²) in [7, 11) is 0. The average molecular weight is 442 g/mol. The van der Waals surface area contributed by atoms with E-state index in [4.69, 9.17) is 4.74 Å². The van der Waals surface area contributed by atoms with E-state index in [1.165, 1.54) is 6.07 Å². The number of carbonyl (C=O) groups excluding carboxylic acids is 1. The summed E-state index contributed by atoms with van der Waals surface area (Å²) in [4.78, 5) is 12.0. The van der Waals surface area contributed by atoms with E-state index in [0.717, 1.165) is 29.5 Å². The van der Waals surface area contributed by atoms with Crippen LogP contribution in [0.2, 0.25) is 0 Å². The van der Waals surface area contributed by atoms with E-state index in [1.807, 2.05) is 39.0 Å². The number of alkyl halides is 4. The van der Waals surface area contributed by atoms with Crippen LogP contribution in [0, 0.1) is 6.92 Å². The average Bonchev–Trinajstić information content (AvgIpc) is 2.67. The molecule has 6 nitrogen and oxygen atoms in total. The Balaban J connectivity index is 2.01. The van der Waals surface area contributed by atoms with E-state index in [2.05, 4.69) is 20.0 Å². The zero-order valence-corrected chi connectivity index (χ0v) is 17.1. The van der Waals surface area contributed by atoms with Crippen LogP contribution in [0.1, 0.15) is 36.5 Å². The molecule has 0 aromatic heterocycles. The minimum absolute atomic E-state index is 0.0175. The standard InChI is InChI=1S/C21H22F4N2O4/c1-12(2)16-7-4-13(3)8-18(16)29-11-19(28)27-26-10-14-5-6-15(30-20(22)23)9-17(14)31-21(24)25/h4-10,12,20-21H,11H2,1-3H3,(H,27,28). The molecule has 0 saturated carbocycles. The predicted octanol–water partition coefficient (Wildman–Crippen LogP) is 4.85. The largest absolute Gasteiger partial charge is 0.483 e. The number of hydrogen-bond donors (Lipinski definition) is 1. The van der Waals surface area contributed by atoms with Crippen molar-refractivity contribution in [1.29, 1.82) is 0 Å². The van der Waals surface area contributed by atoms with Gasteiger partial charge in [0.05, 0.1) is 6.21 Å². The first-order chi connectivity index (χ1) is 14.7. The summed E-state index contributed by atoms with van der Waals surface area (Å²) in [6.45, 7) is -0.735. The number of hydrogen-bond acceptors (Lipinski definition) is 5. The van der Waals surface area contributed by atoms with Gasteiger partial charge in [-0.2, -0.15) is 22.7 Å². The highest BCUT2D eigenvalue weighted by atomic mass is 19.3. The SMILES string of the molecule is Cc1ccc(C(C)C)c(OCC(=O)NN=Cc2ccc(OC(F)F)cc2OC(F)F)c1. The van der Waals surface area contributed by atoms with Gasteiger partial charge >= 0.3 is 13.2 Å². The number of aryl methyl sites for hydroxylation is 1. The quantitative estimate of drug-likeness (QED) is 0.325. The molecule has 1 N–H and O–H groups in total. The normalized spacial score (nSPS) is 11.4. The Hall–Kier alpha value is -3.30. The fourth-order valence-corrected chi connectivity index (χ4v) is 2.59. The zero-order valence-electron chi connectivity index (χ0n) is 17.1. The molecule has 0 saturated heterocycles. The highest BCUT2D eigenvalue weighted by molar-refractivity contribution is 5.85. The molecular formula is C21H22F4N2O4. The molecule has 0 spiro atoms. The Bertz CT molecular complexity index is 920. The monoisotopic (exact) mass is 442 g/mol. The second-order valence-corrected chi connectivity index (χ2v) is 6.73. The maximum Gasteiger partial charge on any atom is 0.387 e. The molecule has 2 aromatic carbocycles. The molecule has 0 unspecified atom stereocenters. The smallest absolute Gasteiger partial charge is 0.387 e. The van der Waals surface area contributed by atoms with Gasteiger partial charge in [-0.1, -0.05) is 26.0 Å². The second kappa shape index (κ2) is 11.2. The topological polar surface area (TPSA) is 69.2 Å². The summed E-state index contributed by atoms with van der Waals surface area (Å²) in [5.74, 6) is -0.608. The molecule has 31 heavy (non-hydrogen) atoms. The number of hydrazone groups is 1. The third kappa shape index (κ3) is 7.80.